The summed E-state index contributed by atoms with van der Waals surface area (Å²) in [7, 11) is 0. The van der Waals surface area contributed by atoms with Crippen molar-refractivity contribution in [3.63, 3.8) is 0 Å². The highest BCUT2D eigenvalue weighted by molar-refractivity contribution is 6.42. The fraction of sp³-hybridized carbons (Fsp3) is 0.158. The first-order valence-electron chi connectivity index (χ1n) is 8.77. The predicted octanol–water partition coefficient (Wildman–Crippen LogP) is 2.73. The number of hydrogen-bond acceptors (Lipinski definition) is 6. The van der Waals surface area contributed by atoms with Gasteiger partial charge >= 0.3 is 0 Å². The Hall–Kier alpha value is -3.50. The van der Waals surface area contributed by atoms with Crippen molar-refractivity contribution in [1.82, 2.24) is 10.4 Å². The number of non-ortho nitro benzene ring substituents is 1. The van der Waals surface area contributed by atoms with Crippen molar-refractivity contribution in [2.24, 2.45) is 0 Å². The molecule has 1 saturated heterocycles. The predicted molar refractivity (Wildman–Crippen MR) is 110 cm³/mol. The summed E-state index contributed by atoms with van der Waals surface area (Å²) < 4.78 is 0. The van der Waals surface area contributed by atoms with Gasteiger partial charge in [0, 0.05) is 24.6 Å². The number of hydrogen-bond donors (Lipinski definition) is 1. The molecule has 0 spiro atoms. The van der Waals surface area contributed by atoms with E-state index in [1.54, 1.807) is 0 Å². The summed E-state index contributed by atoms with van der Waals surface area (Å²) in [6.45, 7) is 1.12. The van der Waals surface area contributed by atoms with Gasteiger partial charge in [0.05, 0.1) is 27.1 Å². The van der Waals surface area contributed by atoms with E-state index >= 15 is 0 Å². The number of nitro benzene ring substituents is 1. The van der Waals surface area contributed by atoms with E-state index in [0.717, 1.165) is 29.0 Å². The van der Waals surface area contributed by atoms with Gasteiger partial charge in [-0.1, -0.05) is 23.2 Å². The quantitative estimate of drug-likeness (QED) is 0.420. The second-order valence-corrected chi connectivity index (χ2v) is 7.33. The van der Waals surface area contributed by atoms with Crippen molar-refractivity contribution < 1.29 is 24.1 Å². The van der Waals surface area contributed by atoms with Gasteiger partial charge in [-0.3, -0.25) is 34.7 Å². The Balaban J connectivity index is 1.82. The van der Waals surface area contributed by atoms with E-state index in [1.807, 2.05) is 0 Å². The van der Waals surface area contributed by atoms with Gasteiger partial charge in [-0.2, -0.15) is 0 Å². The summed E-state index contributed by atoms with van der Waals surface area (Å²) in [6.07, 6.45) is -0.362. The zero-order chi connectivity index (χ0) is 22.9. The van der Waals surface area contributed by atoms with Gasteiger partial charge in [0.2, 0.25) is 11.8 Å². The van der Waals surface area contributed by atoms with Crippen molar-refractivity contribution in [2.75, 3.05) is 4.90 Å². The molecule has 31 heavy (non-hydrogen) atoms. The van der Waals surface area contributed by atoms with Crippen LogP contribution in [-0.2, 0) is 14.4 Å². The van der Waals surface area contributed by atoms with Crippen molar-refractivity contribution >= 4 is 58.2 Å². The molecule has 1 fully saturated rings. The maximum atomic E-state index is 12.9. The van der Waals surface area contributed by atoms with Crippen molar-refractivity contribution in [1.29, 1.82) is 0 Å². The molecule has 1 atom stereocenters. The van der Waals surface area contributed by atoms with Crippen LogP contribution in [0.4, 0.5) is 11.4 Å². The molecule has 0 saturated carbocycles. The number of nitrogens with one attached hydrogen (secondary N) is 1. The second-order valence-electron chi connectivity index (χ2n) is 6.52. The Labute approximate surface area is 185 Å². The van der Waals surface area contributed by atoms with Crippen LogP contribution in [-0.4, -0.2) is 39.6 Å². The van der Waals surface area contributed by atoms with E-state index in [-0.39, 0.29) is 33.4 Å². The van der Waals surface area contributed by atoms with Gasteiger partial charge in [0.25, 0.3) is 17.5 Å². The van der Waals surface area contributed by atoms with Gasteiger partial charge in [0.15, 0.2) is 0 Å². The smallest absolute Gasteiger partial charge is 0.269 e. The van der Waals surface area contributed by atoms with Crippen LogP contribution in [0.5, 0.6) is 0 Å². The van der Waals surface area contributed by atoms with Gasteiger partial charge in [-0.15, -0.1) is 0 Å². The molecular formula is C19H14Cl2N4O6. The molecule has 4 amide bonds. The number of imide groups is 1. The molecule has 1 heterocycles. The molecule has 10 nitrogen and oxygen atoms in total. The highest BCUT2D eigenvalue weighted by Gasteiger charge is 2.44. The fourth-order valence-electron chi connectivity index (χ4n) is 3.00. The highest BCUT2D eigenvalue weighted by Crippen LogP contribution is 2.31. The number of carbonyl (C=O) groups excluding carboxylic acids is 4. The normalized spacial score (nSPS) is 15.7. The third kappa shape index (κ3) is 4.49. The standard InChI is InChI=1S/C19H14Cl2N4O6/c1-10(26)24(22-18(28)11-2-4-12(5-3-11)25(30)31)16-9-17(27)23(19(16)29)13-6-7-14(20)15(21)8-13/h2-8,16H,9H2,1H3,(H,22,28). The monoisotopic (exact) mass is 464 g/mol. The van der Waals surface area contributed by atoms with E-state index in [4.69, 9.17) is 23.2 Å². The number of nitro groups is 1. The molecule has 0 radical (unpaired) electrons. The number of rotatable bonds is 4. The van der Waals surface area contributed by atoms with Crippen molar-refractivity contribution in [3.05, 3.63) is 68.2 Å². The average Bonchev–Trinajstić information content (AvgIpc) is 3.01. The van der Waals surface area contributed by atoms with E-state index < -0.39 is 34.6 Å². The largest absolute Gasteiger partial charge is 0.274 e. The summed E-state index contributed by atoms with van der Waals surface area (Å²) in [4.78, 5) is 61.0. The number of halogens is 2. The molecule has 1 aliphatic heterocycles. The Morgan fingerprint density at radius 3 is 2.32 bits per heavy atom. The summed E-state index contributed by atoms with van der Waals surface area (Å²) in [5.74, 6) is -2.79. The van der Waals surface area contributed by atoms with Crippen LogP contribution in [0.3, 0.4) is 0 Å². The number of anilines is 1. The summed E-state index contributed by atoms with van der Waals surface area (Å²) in [6, 6.07) is 7.58. The first-order valence-corrected chi connectivity index (χ1v) is 9.53. The number of amides is 4. The number of carbonyl (C=O) groups is 4. The molecule has 1 aliphatic rings. The maximum absolute atomic E-state index is 12.9. The molecule has 160 valence electrons. The van der Waals surface area contributed by atoms with Gasteiger partial charge < -0.3 is 0 Å². The molecule has 0 aromatic heterocycles. The van der Waals surface area contributed by atoms with Gasteiger partial charge in [-0.25, -0.2) is 9.91 Å². The zero-order valence-corrected chi connectivity index (χ0v) is 17.4. The van der Waals surface area contributed by atoms with E-state index in [9.17, 15) is 29.3 Å². The minimum Gasteiger partial charge on any atom is -0.274 e. The Morgan fingerprint density at radius 2 is 1.77 bits per heavy atom. The Bertz CT molecular complexity index is 1110. The van der Waals surface area contributed by atoms with Gasteiger partial charge in [-0.05, 0) is 30.3 Å². The summed E-state index contributed by atoms with van der Waals surface area (Å²) >= 11 is 11.8. The molecule has 0 aliphatic carbocycles. The zero-order valence-electron chi connectivity index (χ0n) is 15.9. The molecule has 1 N–H and O–H groups in total. The summed E-state index contributed by atoms with van der Waals surface area (Å²) in [5, 5.41) is 11.9. The number of hydrazine groups is 1. The first-order chi connectivity index (χ1) is 14.6. The van der Waals surface area contributed by atoms with Crippen LogP contribution < -0.4 is 10.3 Å². The Kier molecular flexibility index (Phi) is 6.23. The molecular weight excluding hydrogens is 451 g/mol. The highest BCUT2D eigenvalue weighted by atomic mass is 35.5. The minimum atomic E-state index is -1.28. The number of nitrogens with zero attached hydrogens (tertiary/aromatic N) is 3. The molecule has 2 aromatic carbocycles. The van der Waals surface area contributed by atoms with Crippen LogP contribution in [0.1, 0.15) is 23.7 Å². The van der Waals surface area contributed by atoms with Crippen LogP contribution >= 0.6 is 23.2 Å². The van der Waals surface area contributed by atoms with Crippen LogP contribution in [0.25, 0.3) is 0 Å². The fourth-order valence-corrected chi connectivity index (χ4v) is 3.29. The lowest BCUT2D eigenvalue weighted by Gasteiger charge is -2.26. The molecule has 1 unspecified atom stereocenters. The van der Waals surface area contributed by atoms with Gasteiger partial charge in [0.1, 0.15) is 6.04 Å². The average molecular weight is 465 g/mol. The first kappa shape index (κ1) is 22.2. The lowest BCUT2D eigenvalue weighted by Crippen LogP contribution is -2.54. The molecule has 3 rings (SSSR count). The topological polar surface area (TPSA) is 130 Å². The lowest BCUT2D eigenvalue weighted by molar-refractivity contribution is -0.384. The lowest BCUT2D eigenvalue weighted by atomic mass is 10.2. The van der Waals surface area contributed by atoms with E-state index in [0.29, 0.717) is 0 Å². The molecule has 12 heteroatoms. The van der Waals surface area contributed by atoms with Crippen LogP contribution in [0, 0.1) is 10.1 Å². The SMILES string of the molecule is CC(=O)N(NC(=O)c1ccc([N+](=O)[O-])cc1)C1CC(=O)N(c2ccc(Cl)c(Cl)c2)C1=O. The number of benzene rings is 2. The van der Waals surface area contributed by atoms with Crippen molar-refractivity contribution in [2.45, 2.75) is 19.4 Å². The Morgan fingerprint density at radius 1 is 1.13 bits per heavy atom. The van der Waals surface area contributed by atoms with E-state index in [2.05, 4.69) is 5.43 Å². The summed E-state index contributed by atoms with van der Waals surface area (Å²) in [5.41, 5.74) is 2.28. The van der Waals surface area contributed by atoms with Crippen LogP contribution in [0.2, 0.25) is 10.0 Å². The third-order valence-electron chi connectivity index (χ3n) is 4.50. The van der Waals surface area contributed by atoms with Crippen molar-refractivity contribution in [3.8, 4) is 0 Å². The van der Waals surface area contributed by atoms with Crippen LogP contribution in [0.15, 0.2) is 42.5 Å². The second kappa shape index (κ2) is 8.70. The molecule has 2 aromatic rings. The van der Waals surface area contributed by atoms with E-state index in [1.165, 1.54) is 30.3 Å². The minimum absolute atomic E-state index is 0.0231. The molecule has 0 bridgehead atoms. The maximum Gasteiger partial charge on any atom is 0.269 e. The third-order valence-corrected chi connectivity index (χ3v) is 5.24.